The van der Waals surface area contributed by atoms with Gasteiger partial charge in [-0.25, -0.2) is 4.98 Å². The van der Waals surface area contributed by atoms with Crippen molar-refractivity contribution in [2.45, 2.75) is 20.3 Å². The zero-order valence-corrected chi connectivity index (χ0v) is 10.8. The van der Waals surface area contributed by atoms with Gasteiger partial charge in [0.2, 0.25) is 5.95 Å². The Morgan fingerprint density at radius 1 is 1.50 bits per heavy atom. The van der Waals surface area contributed by atoms with Gasteiger partial charge < -0.3 is 10.1 Å². The van der Waals surface area contributed by atoms with Crippen LogP contribution in [0.3, 0.4) is 0 Å². The molecule has 0 radical (unpaired) electrons. The number of ether oxygens (including phenoxy) is 1. The van der Waals surface area contributed by atoms with Gasteiger partial charge >= 0.3 is 0 Å². The van der Waals surface area contributed by atoms with Crippen molar-refractivity contribution >= 4 is 5.91 Å². The molecule has 5 heteroatoms. The fourth-order valence-corrected chi connectivity index (χ4v) is 1.30. The highest BCUT2D eigenvalue weighted by Gasteiger charge is 2.05. The Hall–Kier alpha value is -1.49. The molecule has 0 unspecified atom stereocenters. The van der Waals surface area contributed by atoms with Crippen LogP contribution in [0.2, 0.25) is 0 Å². The van der Waals surface area contributed by atoms with Gasteiger partial charge in [0.1, 0.15) is 0 Å². The second-order valence-corrected chi connectivity index (χ2v) is 4.42. The lowest BCUT2D eigenvalue weighted by molar-refractivity contribution is 0.0905. The van der Waals surface area contributed by atoms with E-state index in [-0.39, 0.29) is 11.5 Å². The number of hydrogen-bond donors (Lipinski definition) is 1. The van der Waals surface area contributed by atoms with Crippen LogP contribution in [-0.2, 0) is 4.74 Å². The van der Waals surface area contributed by atoms with E-state index in [1.807, 2.05) is 0 Å². The van der Waals surface area contributed by atoms with Crippen molar-refractivity contribution in [2.75, 3.05) is 19.8 Å². The highest BCUT2D eigenvalue weighted by molar-refractivity contribution is 5.93. The van der Waals surface area contributed by atoms with Gasteiger partial charge in [-0.15, -0.1) is 0 Å². The van der Waals surface area contributed by atoms with Crippen LogP contribution in [-0.4, -0.2) is 30.6 Å². The van der Waals surface area contributed by atoms with E-state index in [4.69, 9.17) is 4.74 Å². The van der Waals surface area contributed by atoms with Crippen LogP contribution < -0.4 is 5.32 Å². The van der Waals surface area contributed by atoms with E-state index in [9.17, 15) is 9.18 Å². The summed E-state index contributed by atoms with van der Waals surface area (Å²) in [6, 6.07) is 2.58. The van der Waals surface area contributed by atoms with Crippen molar-refractivity contribution < 1.29 is 13.9 Å². The van der Waals surface area contributed by atoms with Crippen molar-refractivity contribution in [1.29, 1.82) is 0 Å². The number of nitrogens with zero attached hydrogens (tertiary/aromatic N) is 1. The molecule has 100 valence electrons. The van der Waals surface area contributed by atoms with Gasteiger partial charge in [-0.2, -0.15) is 4.39 Å². The Labute approximate surface area is 107 Å². The van der Waals surface area contributed by atoms with Crippen molar-refractivity contribution in [3.8, 4) is 0 Å². The third kappa shape index (κ3) is 5.72. The van der Waals surface area contributed by atoms with Crippen molar-refractivity contribution in [3.63, 3.8) is 0 Å². The minimum absolute atomic E-state index is 0.268. The molecule has 1 rings (SSSR count). The van der Waals surface area contributed by atoms with Gasteiger partial charge in [0.25, 0.3) is 5.91 Å². The van der Waals surface area contributed by atoms with Gasteiger partial charge in [0.05, 0.1) is 6.61 Å². The number of halogens is 1. The SMILES string of the molecule is CC(C)CCOCCNC(=O)c1ccnc(F)c1. The molecular formula is C13H19FN2O2. The number of carbonyl (C=O) groups is 1. The largest absolute Gasteiger partial charge is 0.380 e. The summed E-state index contributed by atoms with van der Waals surface area (Å²) in [4.78, 5) is 15.0. The second-order valence-electron chi connectivity index (χ2n) is 4.42. The molecule has 1 heterocycles. The lowest BCUT2D eigenvalue weighted by atomic mass is 10.1. The third-order valence-corrected chi connectivity index (χ3v) is 2.36. The Kier molecular flexibility index (Phi) is 6.28. The molecular weight excluding hydrogens is 235 g/mol. The molecule has 0 aliphatic rings. The number of aromatic nitrogens is 1. The van der Waals surface area contributed by atoms with Crippen LogP contribution in [0.25, 0.3) is 0 Å². The van der Waals surface area contributed by atoms with Gasteiger partial charge in [-0.3, -0.25) is 4.79 Å². The number of pyridine rings is 1. The fraction of sp³-hybridized carbons (Fsp3) is 0.538. The van der Waals surface area contributed by atoms with Crippen molar-refractivity contribution in [2.24, 2.45) is 5.92 Å². The lowest BCUT2D eigenvalue weighted by Crippen LogP contribution is -2.27. The second kappa shape index (κ2) is 7.76. The van der Waals surface area contributed by atoms with Crippen LogP contribution in [0.5, 0.6) is 0 Å². The van der Waals surface area contributed by atoms with E-state index in [1.54, 1.807) is 0 Å². The first-order valence-electron chi connectivity index (χ1n) is 6.07. The van der Waals surface area contributed by atoms with Crippen LogP contribution in [0, 0.1) is 11.9 Å². The standard InChI is InChI=1S/C13H19FN2O2/c1-10(2)4-7-18-8-6-16-13(17)11-3-5-15-12(14)9-11/h3,5,9-10H,4,6-8H2,1-2H3,(H,16,17). The van der Waals surface area contributed by atoms with Crippen LogP contribution >= 0.6 is 0 Å². The molecule has 0 atom stereocenters. The van der Waals surface area contributed by atoms with Gasteiger partial charge in [-0.05, 0) is 18.4 Å². The maximum absolute atomic E-state index is 12.8. The highest BCUT2D eigenvalue weighted by Crippen LogP contribution is 2.00. The number of amides is 1. The smallest absolute Gasteiger partial charge is 0.251 e. The fourth-order valence-electron chi connectivity index (χ4n) is 1.30. The molecule has 1 N–H and O–H groups in total. The van der Waals surface area contributed by atoms with Crippen LogP contribution in [0.15, 0.2) is 18.3 Å². The van der Waals surface area contributed by atoms with E-state index in [1.165, 1.54) is 12.3 Å². The molecule has 1 amide bonds. The summed E-state index contributed by atoms with van der Waals surface area (Å²) in [6.45, 7) is 5.83. The zero-order valence-electron chi connectivity index (χ0n) is 10.8. The first kappa shape index (κ1) is 14.6. The lowest BCUT2D eigenvalue weighted by Gasteiger charge is -2.07. The zero-order chi connectivity index (χ0) is 13.4. The molecule has 0 aliphatic carbocycles. The Morgan fingerprint density at radius 3 is 2.94 bits per heavy atom. The molecule has 0 saturated heterocycles. The first-order valence-corrected chi connectivity index (χ1v) is 6.07. The predicted octanol–water partition coefficient (Wildman–Crippen LogP) is 2.01. The summed E-state index contributed by atoms with van der Waals surface area (Å²) in [7, 11) is 0. The highest BCUT2D eigenvalue weighted by atomic mass is 19.1. The average molecular weight is 254 g/mol. The Balaban J connectivity index is 2.18. The number of hydrogen-bond acceptors (Lipinski definition) is 3. The summed E-state index contributed by atoms with van der Waals surface area (Å²) in [5.41, 5.74) is 0.268. The molecule has 4 nitrogen and oxygen atoms in total. The molecule has 0 fully saturated rings. The van der Waals surface area contributed by atoms with Crippen molar-refractivity contribution in [3.05, 3.63) is 29.8 Å². The van der Waals surface area contributed by atoms with Crippen LogP contribution in [0.4, 0.5) is 4.39 Å². The topological polar surface area (TPSA) is 51.2 Å². The molecule has 0 saturated carbocycles. The number of rotatable bonds is 7. The predicted molar refractivity (Wildman–Crippen MR) is 66.8 cm³/mol. The third-order valence-electron chi connectivity index (χ3n) is 2.36. The maximum atomic E-state index is 12.8. The molecule has 0 aliphatic heterocycles. The minimum atomic E-state index is -0.657. The minimum Gasteiger partial charge on any atom is -0.380 e. The summed E-state index contributed by atoms with van der Waals surface area (Å²) >= 11 is 0. The summed E-state index contributed by atoms with van der Waals surface area (Å²) in [6.07, 6.45) is 2.27. The van der Waals surface area contributed by atoms with Crippen molar-refractivity contribution in [1.82, 2.24) is 10.3 Å². The van der Waals surface area contributed by atoms with Crippen LogP contribution in [0.1, 0.15) is 30.6 Å². The Bertz CT molecular complexity index is 383. The summed E-state index contributed by atoms with van der Waals surface area (Å²) in [5.74, 6) is -0.362. The summed E-state index contributed by atoms with van der Waals surface area (Å²) < 4.78 is 18.1. The molecule has 1 aromatic heterocycles. The maximum Gasteiger partial charge on any atom is 0.251 e. The quantitative estimate of drug-likeness (QED) is 0.598. The normalized spacial score (nSPS) is 10.7. The summed E-state index contributed by atoms with van der Waals surface area (Å²) in [5, 5.41) is 2.66. The molecule has 1 aromatic rings. The van der Waals surface area contributed by atoms with E-state index in [0.717, 1.165) is 12.5 Å². The van der Waals surface area contributed by atoms with Gasteiger partial charge in [-0.1, -0.05) is 13.8 Å². The van der Waals surface area contributed by atoms with E-state index in [0.29, 0.717) is 25.7 Å². The number of nitrogens with one attached hydrogen (secondary N) is 1. The average Bonchev–Trinajstić information content (AvgIpc) is 2.33. The molecule has 0 aromatic carbocycles. The number of carbonyl (C=O) groups excluding carboxylic acids is 1. The van der Waals surface area contributed by atoms with Gasteiger partial charge in [0.15, 0.2) is 0 Å². The van der Waals surface area contributed by atoms with Gasteiger partial charge in [0, 0.05) is 31.0 Å². The van der Waals surface area contributed by atoms with E-state index >= 15 is 0 Å². The molecule has 0 spiro atoms. The van der Waals surface area contributed by atoms with E-state index in [2.05, 4.69) is 24.1 Å². The monoisotopic (exact) mass is 254 g/mol. The molecule has 18 heavy (non-hydrogen) atoms. The Morgan fingerprint density at radius 2 is 2.28 bits per heavy atom. The first-order chi connectivity index (χ1) is 8.59. The van der Waals surface area contributed by atoms with E-state index < -0.39 is 5.95 Å². The molecule has 0 bridgehead atoms.